The molecule has 0 saturated heterocycles. The Bertz CT molecular complexity index is 681. The lowest BCUT2D eigenvalue weighted by Gasteiger charge is -2.13. The third-order valence-corrected chi connectivity index (χ3v) is 4.58. The second kappa shape index (κ2) is 7.62. The van der Waals surface area contributed by atoms with Crippen LogP contribution >= 0.6 is 11.6 Å². The van der Waals surface area contributed by atoms with E-state index in [1.165, 1.54) is 31.2 Å². The third kappa shape index (κ3) is 4.34. The molecule has 1 fully saturated rings. The van der Waals surface area contributed by atoms with Crippen LogP contribution in [0.1, 0.15) is 41.6 Å². The summed E-state index contributed by atoms with van der Waals surface area (Å²) in [7, 11) is 0. The molecular formula is C19H21ClN2O. The van der Waals surface area contributed by atoms with Gasteiger partial charge in [-0.05, 0) is 42.7 Å². The minimum Gasteiger partial charge on any atom is -0.322 e. The van der Waals surface area contributed by atoms with Crippen molar-refractivity contribution in [2.45, 2.75) is 38.3 Å². The maximum absolute atomic E-state index is 12.3. The fraction of sp³-hybridized carbons (Fsp3) is 0.316. The standard InChI is InChI=1S/C19H21ClN2O/c20-18-11-4-3-10-17(18)19(23)22-16-9-5-6-14(12-16)13-21-15-7-1-2-8-15/h3-6,9-12,15,21H,1-2,7-8,13H2,(H,22,23). The first kappa shape index (κ1) is 16.0. The van der Waals surface area contributed by atoms with Crippen LogP contribution in [0.15, 0.2) is 48.5 Å². The van der Waals surface area contributed by atoms with Gasteiger partial charge in [-0.3, -0.25) is 4.79 Å². The van der Waals surface area contributed by atoms with Gasteiger partial charge in [0.2, 0.25) is 0 Å². The lowest BCUT2D eigenvalue weighted by Crippen LogP contribution is -2.25. The van der Waals surface area contributed by atoms with Crippen LogP contribution in [0.4, 0.5) is 5.69 Å². The van der Waals surface area contributed by atoms with E-state index in [-0.39, 0.29) is 5.91 Å². The summed E-state index contributed by atoms with van der Waals surface area (Å²) in [5.74, 6) is -0.184. The van der Waals surface area contributed by atoms with Gasteiger partial charge in [0.25, 0.3) is 5.91 Å². The van der Waals surface area contributed by atoms with Gasteiger partial charge in [0.15, 0.2) is 0 Å². The molecule has 3 nitrogen and oxygen atoms in total. The highest BCUT2D eigenvalue weighted by molar-refractivity contribution is 6.34. The Balaban J connectivity index is 1.63. The van der Waals surface area contributed by atoms with Crippen LogP contribution in [0.25, 0.3) is 0 Å². The van der Waals surface area contributed by atoms with Crippen molar-refractivity contribution in [3.63, 3.8) is 0 Å². The molecule has 2 aromatic rings. The number of hydrogen-bond donors (Lipinski definition) is 2. The van der Waals surface area contributed by atoms with E-state index in [1.807, 2.05) is 30.3 Å². The molecule has 0 radical (unpaired) electrons. The summed E-state index contributed by atoms with van der Waals surface area (Å²) in [5, 5.41) is 6.96. The van der Waals surface area contributed by atoms with E-state index in [4.69, 9.17) is 11.6 Å². The Kier molecular flexibility index (Phi) is 5.31. The Morgan fingerprint density at radius 3 is 2.65 bits per heavy atom. The topological polar surface area (TPSA) is 41.1 Å². The highest BCUT2D eigenvalue weighted by Crippen LogP contribution is 2.20. The minimum absolute atomic E-state index is 0.184. The van der Waals surface area contributed by atoms with Gasteiger partial charge >= 0.3 is 0 Å². The molecular weight excluding hydrogens is 308 g/mol. The summed E-state index contributed by atoms with van der Waals surface area (Å²) in [6, 6.07) is 15.7. The van der Waals surface area contributed by atoms with Gasteiger partial charge < -0.3 is 10.6 Å². The van der Waals surface area contributed by atoms with Crippen molar-refractivity contribution >= 4 is 23.2 Å². The lowest BCUT2D eigenvalue weighted by atomic mass is 10.1. The van der Waals surface area contributed by atoms with Crippen LogP contribution < -0.4 is 10.6 Å². The van der Waals surface area contributed by atoms with E-state index >= 15 is 0 Å². The summed E-state index contributed by atoms with van der Waals surface area (Å²) < 4.78 is 0. The number of rotatable bonds is 5. The summed E-state index contributed by atoms with van der Waals surface area (Å²) in [6.07, 6.45) is 5.18. The van der Waals surface area contributed by atoms with Crippen LogP contribution in [0, 0.1) is 0 Å². The number of carbonyl (C=O) groups is 1. The monoisotopic (exact) mass is 328 g/mol. The average Bonchev–Trinajstić information content (AvgIpc) is 3.07. The van der Waals surface area contributed by atoms with E-state index < -0.39 is 0 Å². The molecule has 2 N–H and O–H groups in total. The average molecular weight is 329 g/mol. The molecule has 0 bridgehead atoms. The van der Waals surface area contributed by atoms with Crippen LogP contribution in [0.2, 0.25) is 5.02 Å². The molecule has 3 rings (SSSR count). The molecule has 0 heterocycles. The largest absolute Gasteiger partial charge is 0.322 e. The molecule has 1 saturated carbocycles. The molecule has 1 amide bonds. The summed E-state index contributed by atoms with van der Waals surface area (Å²) >= 11 is 6.07. The summed E-state index contributed by atoms with van der Waals surface area (Å²) in [6.45, 7) is 0.834. The first-order valence-electron chi connectivity index (χ1n) is 8.10. The van der Waals surface area contributed by atoms with Crippen LogP contribution in [0.3, 0.4) is 0 Å². The van der Waals surface area contributed by atoms with Gasteiger partial charge in [0.05, 0.1) is 10.6 Å². The molecule has 1 aliphatic carbocycles. The van der Waals surface area contributed by atoms with E-state index in [9.17, 15) is 4.79 Å². The van der Waals surface area contributed by atoms with Crippen LogP contribution in [0.5, 0.6) is 0 Å². The smallest absolute Gasteiger partial charge is 0.257 e. The molecule has 0 atom stereocenters. The zero-order chi connectivity index (χ0) is 16.1. The molecule has 2 aromatic carbocycles. The van der Waals surface area contributed by atoms with Gasteiger partial charge in [-0.1, -0.05) is 48.7 Å². The maximum Gasteiger partial charge on any atom is 0.257 e. The highest BCUT2D eigenvalue weighted by atomic mass is 35.5. The summed E-state index contributed by atoms with van der Waals surface area (Å²) in [4.78, 5) is 12.3. The first-order valence-corrected chi connectivity index (χ1v) is 8.48. The van der Waals surface area contributed by atoms with Crippen molar-refractivity contribution in [2.75, 3.05) is 5.32 Å². The van der Waals surface area contributed by atoms with E-state index in [0.717, 1.165) is 12.2 Å². The Labute approximate surface area is 142 Å². The van der Waals surface area contributed by atoms with E-state index in [2.05, 4.69) is 16.7 Å². The van der Waals surface area contributed by atoms with E-state index in [1.54, 1.807) is 12.1 Å². The number of benzene rings is 2. The minimum atomic E-state index is -0.184. The van der Waals surface area contributed by atoms with Crippen molar-refractivity contribution in [3.8, 4) is 0 Å². The summed E-state index contributed by atoms with van der Waals surface area (Å²) in [5.41, 5.74) is 2.46. The van der Waals surface area contributed by atoms with Gasteiger partial charge in [0.1, 0.15) is 0 Å². The van der Waals surface area contributed by atoms with Gasteiger partial charge in [-0.25, -0.2) is 0 Å². The predicted octanol–water partition coefficient (Wildman–Crippen LogP) is 4.62. The molecule has 4 heteroatoms. The lowest BCUT2D eigenvalue weighted by molar-refractivity contribution is 0.102. The molecule has 0 aliphatic heterocycles. The number of anilines is 1. The zero-order valence-corrected chi connectivity index (χ0v) is 13.8. The molecule has 23 heavy (non-hydrogen) atoms. The number of carbonyl (C=O) groups excluding carboxylic acids is 1. The van der Waals surface area contributed by atoms with Gasteiger partial charge in [-0.2, -0.15) is 0 Å². The third-order valence-electron chi connectivity index (χ3n) is 4.25. The first-order chi connectivity index (χ1) is 11.2. The number of nitrogens with one attached hydrogen (secondary N) is 2. The molecule has 120 valence electrons. The Morgan fingerprint density at radius 1 is 1.09 bits per heavy atom. The second-order valence-corrected chi connectivity index (χ2v) is 6.40. The Morgan fingerprint density at radius 2 is 1.87 bits per heavy atom. The Hall–Kier alpha value is -1.84. The quantitative estimate of drug-likeness (QED) is 0.840. The van der Waals surface area contributed by atoms with Crippen molar-refractivity contribution in [1.29, 1.82) is 0 Å². The second-order valence-electron chi connectivity index (χ2n) is 6.00. The molecule has 1 aliphatic rings. The van der Waals surface area contributed by atoms with Crippen molar-refractivity contribution in [2.24, 2.45) is 0 Å². The van der Waals surface area contributed by atoms with Crippen LogP contribution in [-0.2, 0) is 6.54 Å². The van der Waals surface area contributed by atoms with Crippen molar-refractivity contribution in [1.82, 2.24) is 5.32 Å². The number of hydrogen-bond acceptors (Lipinski definition) is 2. The highest BCUT2D eigenvalue weighted by Gasteiger charge is 2.14. The molecule has 0 aromatic heterocycles. The zero-order valence-electron chi connectivity index (χ0n) is 13.0. The fourth-order valence-corrected chi connectivity index (χ4v) is 3.22. The maximum atomic E-state index is 12.3. The normalized spacial score (nSPS) is 14.8. The van der Waals surface area contributed by atoms with Crippen molar-refractivity contribution < 1.29 is 4.79 Å². The van der Waals surface area contributed by atoms with Gasteiger partial charge in [0, 0.05) is 18.3 Å². The fourth-order valence-electron chi connectivity index (χ4n) is 2.99. The van der Waals surface area contributed by atoms with E-state index in [0.29, 0.717) is 16.6 Å². The van der Waals surface area contributed by atoms with Crippen molar-refractivity contribution in [3.05, 3.63) is 64.7 Å². The SMILES string of the molecule is O=C(Nc1cccc(CNC2CCCC2)c1)c1ccccc1Cl. The predicted molar refractivity (Wildman–Crippen MR) is 94.9 cm³/mol. The van der Waals surface area contributed by atoms with Gasteiger partial charge in [-0.15, -0.1) is 0 Å². The number of amides is 1. The molecule has 0 spiro atoms. The number of halogens is 1. The molecule has 0 unspecified atom stereocenters. The van der Waals surface area contributed by atoms with Crippen LogP contribution in [-0.4, -0.2) is 11.9 Å².